The number of hydrogen-bond acceptors (Lipinski definition) is 4. The summed E-state index contributed by atoms with van der Waals surface area (Å²) in [5.74, 6) is 0.597. The molecule has 0 amide bonds. The van der Waals surface area contributed by atoms with Crippen LogP contribution in [-0.4, -0.2) is 4.98 Å². The fraction of sp³-hybridized carbons (Fsp3) is 0.308. The lowest BCUT2D eigenvalue weighted by Gasteiger charge is -2.12. The first-order chi connectivity index (χ1) is 9.31. The number of rotatable bonds is 3. The Morgan fingerprint density at radius 1 is 1.30 bits per heavy atom. The highest BCUT2D eigenvalue weighted by molar-refractivity contribution is 7.99. The third-order valence-electron chi connectivity index (χ3n) is 2.79. The number of nitrogens with two attached hydrogens (primary N) is 1. The first-order valence-corrected chi connectivity index (χ1v) is 6.65. The van der Waals surface area contributed by atoms with Crippen molar-refractivity contribution in [2.75, 3.05) is 0 Å². The molecule has 0 saturated carbocycles. The third-order valence-corrected chi connectivity index (χ3v) is 3.72. The Labute approximate surface area is 118 Å². The molecule has 0 fully saturated rings. The minimum absolute atomic E-state index is 0.0518. The molecule has 0 unspecified atom stereocenters. The summed E-state index contributed by atoms with van der Waals surface area (Å²) in [5.41, 5.74) is 5.76. The van der Waals surface area contributed by atoms with Gasteiger partial charge < -0.3 is 10.2 Å². The van der Waals surface area contributed by atoms with Gasteiger partial charge in [-0.15, -0.1) is 0 Å². The van der Waals surface area contributed by atoms with E-state index >= 15 is 0 Å². The minimum Gasteiger partial charge on any atom is -0.436 e. The Morgan fingerprint density at radius 2 is 2.00 bits per heavy atom. The SMILES string of the molecule is Cc1nc(Sc2ccc(CN)cc2C(F)(F)F)oc1C. The second kappa shape index (κ2) is 5.49. The molecule has 7 heteroatoms. The van der Waals surface area contributed by atoms with Crippen molar-refractivity contribution in [2.45, 2.75) is 36.7 Å². The van der Waals surface area contributed by atoms with Gasteiger partial charge in [0.05, 0.1) is 11.3 Å². The molecular weight excluding hydrogens is 289 g/mol. The van der Waals surface area contributed by atoms with Gasteiger partial charge in [0.25, 0.3) is 5.22 Å². The van der Waals surface area contributed by atoms with Crippen LogP contribution in [0.1, 0.15) is 22.6 Å². The second-order valence-electron chi connectivity index (χ2n) is 4.26. The normalized spacial score (nSPS) is 11.9. The van der Waals surface area contributed by atoms with E-state index < -0.39 is 11.7 Å². The van der Waals surface area contributed by atoms with Crippen LogP contribution in [0.2, 0.25) is 0 Å². The van der Waals surface area contributed by atoms with Crippen molar-refractivity contribution in [1.82, 2.24) is 4.98 Å². The predicted molar refractivity (Wildman–Crippen MR) is 69.4 cm³/mol. The van der Waals surface area contributed by atoms with Gasteiger partial charge in [-0.3, -0.25) is 0 Å². The quantitative estimate of drug-likeness (QED) is 0.933. The Hall–Kier alpha value is -1.47. The maximum absolute atomic E-state index is 13.0. The van der Waals surface area contributed by atoms with Gasteiger partial charge in [-0.1, -0.05) is 6.07 Å². The molecule has 0 aliphatic rings. The third kappa shape index (κ3) is 3.16. The molecule has 0 radical (unpaired) electrons. The Bertz CT molecular complexity index is 603. The van der Waals surface area contributed by atoms with Crippen LogP contribution in [0.15, 0.2) is 32.7 Å². The van der Waals surface area contributed by atoms with E-state index in [0.29, 0.717) is 17.0 Å². The van der Waals surface area contributed by atoms with E-state index in [1.807, 2.05) is 0 Å². The molecule has 20 heavy (non-hydrogen) atoms. The van der Waals surface area contributed by atoms with Crippen LogP contribution < -0.4 is 5.73 Å². The van der Waals surface area contributed by atoms with Crippen molar-refractivity contribution in [3.63, 3.8) is 0 Å². The van der Waals surface area contributed by atoms with Crippen LogP contribution in [0, 0.1) is 13.8 Å². The molecule has 0 atom stereocenters. The fourth-order valence-corrected chi connectivity index (χ4v) is 2.55. The Kier molecular flexibility index (Phi) is 4.10. The van der Waals surface area contributed by atoms with Gasteiger partial charge in [0.1, 0.15) is 5.76 Å². The maximum atomic E-state index is 13.0. The maximum Gasteiger partial charge on any atom is 0.417 e. The topological polar surface area (TPSA) is 52.0 Å². The molecule has 0 aliphatic carbocycles. The summed E-state index contributed by atoms with van der Waals surface area (Å²) in [4.78, 5) is 4.13. The van der Waals surface area contributed by atoms with Crippen LogP contribution in [0.5, 0.6) is 0 Å². The monoisotopic (exact) mass is 302 g/mol. The summed E-state index contributed by atoms with van der Waals surface area (Å²) < 4.78 is 44.4. The Balaban J connectivity index is 2.40. The van der Waals surface area contributed by atoms with Crippen molar-refractivity contribution in [3.05, 3.63) is 40.8 Å². The largest absolute Gasteiger partial charge is 0.436 e. The number of hydrogen-bond donors (Lipinski definition) is 1. The molecule has 1 heterocycles. The van der Waals surface area contributed by atoms with Crippen LogP contribution in [0.3, 0.4) is 0 Å². The zero-order valence-electron chi connectivity index (χ0n) is 10.9. The standard InChI is InChI=1S/C13H13F3N2OS/c1-7-8(2)19-12(18-7)20-11-4-3-9(6-17)5-10(11)13(14,15)16/h3-5H,6,17H2,1-2H3. The predicted octanol–water partition coefficient (Wildman–Crippen LogP) is 3.92. The van der Waals surface area contributed by atoms with Crippen molar-refractivity contribution >= 4 is 11.8 Å². The highest BCUT2D eigenvalue weighted by Crippen LogP contribution is 2.40. The van der Waals surface area contributed by atoms with Gasteiger partial charge in [0, 0.05) is 11.4 Å². The molecule has 3 nitrogen and oxygen atoms in total. The summed E-state index contributed by atoms with van der Waals surface area (Å²) in [6.07, 6.45) is -4.44. The lowest BCUT2D eigenvalue weighted by molar-refractivity contribution is -0.139. The van der Waals surface area contributed by atoms with E-state index in [-0.39, 0.29) is 16.7 Å². The first-order valence-electron chi connectivity index (χ1n) is 5.83. The molecule has 0 aliphatic heterocycles. The number of aromatic nitrogens is 1. The molecule has 2 aromatic rings. The van der Waals surface area contributed by atoms with Crippen molar-refractivity contribution in [2.24, 2.45) is 5.73 Å². The number of aryl methyl sites for hydroxylation is 2. The minimum atomic E-state index is -4.44. The highest BCUT2D eigenvalue weighted by atomic mass is 32.2. The molecule has 1 aromatic heterocycles. The molecule has 1 aromatic carbocycles. The molecule has 0 bridgehead atoms. The van der Waals surface area contributed by atoms with Gasteiger partial charge in [-0.2, -0.15) is 13.2 Å². The van der Waals surface area contributed by atoms with E-state index in [1.54, 1.807) is 19.9 Å². The van der Waals surface area contributed by atoms with Gasteiger partial charge in [0.15, 0.2) is 0 Å². The number of halogens is 3. The van der Waals surface area contributed by atoms with Crippen molar-refractivity contribution in [1.29, 1.82) is 0 Å². The average molecular weight is 302 g/mol. The van der Waals surface area contributed by atoms with E-state index in [1.165, 1.54) is 6.07 Å². The van der Waals surface area contributed by atoms with E-state index in [2.05, 4.69) is 4.98 Å². The fourth-order valence-electron chi connectivity index (χ4n) is 1.60. The molecule has 0 saturated heterocycles. The van der Waals surface area contributed by atoms with Gasteiger partial charge >= 0.3 is 6.18 Å². The molecule has 2 rings (SSSR count). The molecule has 2 N–H and O–H groups in total. The van der Waals surface area contributed by atoms with Crippen LogP contribution in [0.25, 0.3) is 0 Å². The average Bonchev–Trinajstić information content (AvgIpc) is 2.67. The van der Waals surface area contributed by atoms with Crippen LogP contribution >= 0.6 is 11.8 Å². The van der Waals surface area contributed by atoms with E-state index in [4.69, 9.17) is 10.2 Å². The van der Waals surface area contributed by atoms with Gasteiger partial charge in [0.2, 0.25) is 0 Å². The summed E-state index contributed by atoms with van der Waals surface area (Å²) in [6.45, 7) is 3.52. The summed E-state index contributed by atoms with van der Waals surface area (Å²) in [5, 5.41) is 0.200. The van der Waals surface area contributed by atoms with E-state index in [0.717, 1.165) is 17.8 Å². The molecule has 0 spiro atoms. The summed E-state index contributed by atoms with van der Waals surface area (Å²) in [6, 6.07) is 4.02. The second-order valence-corrected chi connectivity index (χ2v) is 5.25. The van der Waals surface area contributed by atoms with Crippen LogP contribution in [0.4, 0.5) is 13.2 Å². The Morgan fingerprint density at radius 3 is 2.50 bits per heavy atom. The number of alkyl halides is 3. The zero-order chi connectivity index (χ0) is 14.9. The number of benzene rings is 1. The van der Waals surface area contributed by atoms with Gasteiger partial charge in [-0.05, 0) is 43.3 Å². The number of oxazole rings is 1. The van der Waals surface area contributed by atoms with Crippen molar-refractivity contribution < 1.29 is 17.6 Å². The lowest BCUT2D eigenvalue weighted by atomic mass is 10.1. The van der Waals surface area contributed by atoms with Crippen molar-refractivity contribution in [3.8, 4) is 0 Å². The van der Waals surface area contributed by atoms with Crippen LogP contribution in [-0.2, 0) is 12.7 Å². The summed E-state index contributed by atoms with van der Waals surface area (Å²) >= 11 is 0.857. The highest BCUT2D eigenvalue weighted by Gasteiger charge is 2.34. The smallest absolute Gasteiger partial charge is 0.417 e. The summed E-state index contributed by atoms with van der Waals surface area (Å²) in [7, 11) is 0. The van der Waals surface area contributed by atoms with E-state index in [9.17, 15) is 13.2 Å². The molecule has 108 valence electrons. The first kappa shape index (κ1) is 14.9. The molecular formula is C13H13F3N2OS. The zero-order valence-corrected chi connectivity index (χ0v) is 11.7. The van der Waals surface area contributed by atoms with Gasteiger partial charge in [-0.25, -0.2) is 4.98 Å². The lowest BCUT2D eigenvalue weighted by Crippen LogP contribution is -2.08. The number of nitrogens with zero attached hydrogens (tertiary/aromatic N) is 1.